The number of benzene rings is 1. The number of anilines is 2. The zero-order valence-corrected chi connectivity index (χ0v) is 17.7. The molecule has 30 heavy (non-hydrogen) atoms. The lowest BCUT2D eigenvalue weighted by Gasteiger charge is -2.08. The van der Waals surface area contributed by atoms with Crippen LogP contribution in [0.5, 0.6) is 0 Å². The molecule has 0 fully saturated rings. The van der Waals surface area contributed by atoms with E-state index in [1.807, 2.05) is 52.4 Å². The third kappa shape index (κ3) is 5.28. The average Bonchev–Trinajstić information content (AvgIpc) is 3.48. The second-order valence-corrected chi connectivity index (χ2v) is 8.25. The Hall–Kier alpha value is -3.11. The molecule has 1 amide bonds. The van der Waals surface area contributed by atoms with Crippen molar-refractivity contribution < 1.29 is 9.21 Å². The second-order valence-electron chi connectivity index (χ2n) is 6.45. The lowest BCUT2D eigenvalue weighted by molar-refractivity contribution is -0.118. The summed E-state index contributed by atoms with van der Waals surface area (Å²) in [5.74, 6) is 1.79. The quantitative estimate of drug-likeness (QED) is 0.360. The summed E-state index contributed by atoms with van der Waals surface area (Å²) in [6.45, 7) is 0.494. The van der Waals surface area contributed by atoms with Crippen LogP contribution in [0, 0.1) is 0 Å². The normalized spacial score (nSPS) is 10.9. The van der Waals surface area contributed by atoms with Gasteiger partial charge < -0.3 is 15.5 Å². The van der Waals surface area contributed by atoms with Gasteiger partial charge in [0.25, 0.3) is 0 Å². The molecule has 0 aliphatic heterocycles. The third-order valence-electron chi connectivity index (χ3n) is 4.21. The molecule has 0 saturated heterocycles. The van der Waals surface area contributed by atoms with Crippen LogP contribution in [0.4, 0.5) is 10.8 Å². The largest absolute Gasteiger partial charge is 0.467 e. The molecular weight excluding hydrogens is 420 g/mol. The van der Waals surface area contributed by atoms with Gasteiger partial charge in [0.1, 0.15) is 11.6 Å². The van der Waals surface area contributed by atoms with E-state index >= 15 is 0 Å². The Morgan fingerprint density at radius 3 is 2.83 bits per heavy atom. The number of carbonyl (C=O) groups is 1. The lowest BCUT2D eigenvalue weighted by atomic mass is 10.3. The molecule has 0 atom stereocenters. The van der Waals surface area contributed by atoms with E-state index in [1.165, 1.54) is 0 Å². The maximum absolute atomic E-state index is 11.2. The molecule has 3 heterocycles. The Morgan fingerprint density at radius 1 is 1.20 bits per heavy atom. The highest BCUT2D eigenvalue weighted by Gasteiger charge is 2.16. The molecule has 3 N–H and O–H groups in total. The molecule has 0 radical (unpaired) electrons. The maximum atomic E-state index is 11.2. The van der Waals surface area contributed by atoms with Crippen LogP contribution < -0.4 is 11.1 Å². The molecule has 0 bridgehead atoms. The molecule has 4 aromatic rings. The summed E-state index contributed by atoms with van der Waals surface area (Å²) in [5.41, 5.74) is 7.25. The highest BCUT2D eigenvalue weighted by molar-refractivity contribution is 7.98. The van der Waals surface area contributed by atoms with Crippen molar-refractivity contribution >= 4 is 39.8 Å². The van der Waals surface area contributed by atoms with Crippen molar-refractivity contribution in [1.29, 1.82) is 0 Å². The van der Waals surface area contributed by atoms with E-state index in [0.29, 0.717) is 24.5 Å². The van der Waals surface area contributed by atoms with Gasteiger partial charge in [-0.15, -0.1) is 21.5 Å². The average molecular weight is 441 g/mol. The standard InChI is InChI=1S/C20H20N6O2S2/c21-17(27)8-9-18-24-25-20(26(18)11-16-7-4-10-28-16)30-13-15-12-29-19(23-15)22-14-5-2-1-3-6-14/h1-7,10,12H,8-9,11,13H2,(H2,21,27)(H,22,23). The molecule has 0 saturated carbocycles. The topological polar surface area (TPSA) is 112 Å². The van der Waals surface area contributed by atoms with E-state index in [0.717, 1.165) is 27.4 Å². The second kappa shape index (κ2) is 9.59. The van der Waals surface area contributed by atoms with E-state index in [9.17, 15) is 4.79 Å². The molecule has 0 aliphatic rings. The Labute approximate surface area is 181 Å². The molecule has 154 valence electrons. The van der Waals surface area contributed by atoms with Gasteiger partial charge >= 0.3 is 0 Å². The van der Waals surface area contributed by atoms with Crippen molar-refractivity contribution in [3.05, 3.63) is 71.4 Å². The Morgan fingerprint density at radius 2 is 2.07 bits per heavy atom. The summed E-state index contributed by atoms with van der Waals surface area (Å²) >= 11 is 3.10. The molecule has 1 aromatic carbocycles. The number of hydrogen-bond donors (Lipinski definition) is 2. The van der Waals surface area contributed by atoms with Crippen LogP contribution in [-0.2, 0) is 23.5 Å². The van der Waals surface area contributed by atoms with Gasteiger partial charge in [-0.3, -0.25) is 9.36 Å². The number of rotatable bonds is 10. The minimum Gasteiger partial charge on any atom is -0.467 e. The molecule has 8 nitrogen and oxygen atoms in total. The van der Waals surface area contributed by atoms with Gasteiger partial charge in [0.05, 0.1) is 18.5 Å². The van der Waals surface area contributed by atoms with Crippen molar-refractivity contribution in [1.82, 2.24) is 19.7 Å². The first-order valence-corrected chi connectivity index (χ1v) is 11.2. The SMILES string of the molecule is NC(=O)CCc1nnc(SCc2csc(Nc3ccccc3)n2)n1Cc1ccco1. The summed E-state index contributed by atoms with van der Waals surface area (Å²) in [5, 5.41) is 15.5. The fraction of sp³-hybridized carbons (Fsp3) is 0.200. The number of thioether (sulfide) groups is 1. The highest BCUT2D eigenvalue weighted by Crippen LogP contribution is 2.27. The number of aromatic nitrogens is 4. The molecule has 0 aliphatic carbocycles. The minimum absolute atomic E-state index is 0.224. The summed E-state index contributed by atoms with van der Waals surface area (Å²) in [6, 6.07) is 13.7. The first kappa shape index (κ1) is 20.2. The lowest BCUT2D eigenvalue weighted by Crippen LogP contribution is -2.14. The predicted octanol–water partition coefficient (Wildman–Crippen LogP) is 3.83. The maximum Gasteiger partial charge on any atom is 0.217 e. The van der Waals surface area contributed by atoms with Gasteiger partial charge in [0.2, 0.25) is 5.91 Å². The van der Waals surface area contributed by atoms with Crippen molar-refractivity contribution in [2.24, 2.45) is 5.73 Å². The zero-order valence-electron chi connectivity index (χ0n) is 16.0. The van der Waals surface area contributed by atoms with Crippen molar-refractivity contribution in [2.45, 2.75) is 30.3 Å². The molecular formula is C20H20N6O2S2. The van der Waals surface area contributed by atoms with Gasteiger partial charge in [-0.2, -0.15) is 0 Å². The number of nitrogens with two attached hydrogens (primary N) is 1. The van der Waals surface area contributed by atoms with Gasteiger partial charge in [0.15, 0.2) is 10.3 Å². The van der Waals surface area contributed by atoms with Gasteiger partial charge in [-0.25, -0.2) is 4.98 Å². The van der Waals surface area contributed by atoms with Crippen molar-refractivity contribution in [3.63, 3.8) is 0 Å². The number of furan rings is 1. The summed E-state index contributed by atoms with van der Waals surface area (Å²) < 4.78 is 7.43. The van der Waals surface area contributed by atoms with Crippen LogP contribution in [-0.4, -0.2) is 25.7 Å². The molecule has 10 heteroatoms. The van der Waals surface area contributed by atoms with E-state index in [1.54, 1.807) is 29.4 Å². The van der Waals surface area contributed by atoms with Crippen molar-refractivity contribution in [2.75, 3.05) is 5.32 Å². The van der Waals surface area contributed by atoms with Crippen LogP contribution in [0.25, 0.3) is 0 Å². The fourth-order valence-corrected chi connectivity index (χ4v) is 4.46. The number of nitrogens with one attached hydrogen (secondary N) is 1. The van der Waals surface area contributed by atoms with Gasteiger partial charge in [0, 0.05) is 29.7 Å². The monoisotopic (exact) mass is 440 g/mol. The molecule has 0 unspecified atom stereocenters. The molecule has 3 aromatic heterocycles. The number of carbonyl (C=O) groups excluding carboxylic acids is 1. The first-order valence-electron chi connectivity index (χ1n) is 9.29. The molecule has 0 spiro atoms. The van der Waals surface area contributed by atoms with E-state index < -0.39 is 0 Å². The summed E-state index contributed by atoms with van der Waals surface area (Å²) in [4.78, 5) is 15.8. The number of para-hydroxylation sites is 1. The summed E-state index contributed by atoms with van der Waals surface area (Å²) in [7, 11) is 0. The third-order valence-corrected chi connectivity index (χ3v) is 6.02. The predicted molar refractivity (Wildman–Crippen MR) is 117 cm³/mol. The zero-order chi connectivity index (χ0) is 20.8. The van der Waals surface area contributed by atoms with Crippen LogP contribution in [0.2, 0.25) is 0 Å². The number of thiazole rings is 1. The number of amides is 1. The number of aryl methyl sites for hydroxylation is 1. The van der Waals surface area contributed by atoms with E-state index in [-0.39, 0.29) is 12.3 Å². The van der Waals surface area contributed by atoms with E-state index in [2.05, 4.69) is 20.5 Å². The van der Waals surface area contributed by atoms with Crippen LogP contribution in [0.15, 0.2) is 63.7 Å². The van der Waals surface area contributed by atoms with Gasteiger partial charge in [-0.05, 0) is 24.3 Å². The Bertz CT molecular complexity index is 1090. The number of nitrogens with zero attached hydrogens (tertiary/aromatic N) is 4. The van der Waals surface area contributed by atoms with Crippen molar-refractivity contribution in [3.8, 4) is 0 Å². The number of hydrogen-bond acceptors (Lipinski definition) is 8. The van der Waals surface area contributed by atoms with Gasteiger partial charge in [-0.1, -0.05) is 30.0 Å². The minimum atomic E-state index is -0.363. The van der Waals surface area contributed by atoms with Crippen LogP contribution >= 0.6 is 23.1 Å². The Kier molecular flexibility index (Phi) is 6.45. The van der Waals surface area contributed by atoms with E-state index in [4.69, 9.17) is 10.2 Å². The number of primary amides is 1. The van der Waals surface area contributed by atoms with Crippen LogP contribution in [0.1, 0.15) is 23.7 Å². The Balaban J connectivity index is 1.44. The first-order chi connectivity index (χ1) is 14.7. The molecule has 4 rings (SSSR count). The van der Waals surface area contributed by atoms with Crippen LogP contribution in [0.3, 0.4) is 0 Å². The summed E-state index contributed by atoms with van der Waals surface area (Å²) in [6.07, 6.45) is 2.29. The smallest absolute Gasteiger partial charge is 0.217 e. The fourth-order valence-electron chi connectivity index (χ4n) is 2.78. The highest BCUT2D eigenvalue weighted by atomic mass is 32.2.